The number of halogens is 2. The molecule has 6 nitrogen and oxygen atoms in total. The summed E-state index contributed by atoms with van der Waals surface area (Å²) < 4.78 is 26.7. The van der Waals surface area contributed by atoms with Crippen LogP contribution in [0.2, 0.25) is 0 Å². The maximum absolute atomic E-state index is 13.4. The van der Waals surface area contributed by atoms with Gasteiger partial charge in [-0.05, 0) is 42.0 Å². The van der Waals surface area contributed by atoms with Crippen LogP contribution in [-0.2, 0) is 16.1 Å². The average molecular weight is 409 g/mol. The Morgan fingerprint density at radius 3 is 2.46 bits per heavy atom. The fourth-order valence-corrected chi connectivity index (χ4v) is 5.40. The van der Waals surface area contributed by atoms with Crippen molar-refractivity contribution in [3.05, 3.63) is 35.4 Å². The number of nitrogens with zero attached hydrogens (tertiary/aromatic N) is 2. The van der Waals surface area contributed by atoms with Crippen LogP contribution in [-0.4, -0.2) is 57.8 Å². The van der Waals surface area contributed by atoms with E-state index in [1.54, 1.807) is 11.8 Å². The van der Waals surface area contributed by atoms with Gasteiger partial charge in [0.15, 0.2) is 0 Å². The van der Waals surface area contributed by atoms with Crippen LogP contribution in [0.5, 0.6) is 0 Å². The maximum Gasteiger partial charge on any atom is 0.325 e. The molecule has 1 aromatic rings. The number of urea groups is 1. The summed E-state index contributed by atoms with van der Waals surface area (Å²) in [6.45, 7) is 0.626. The van der Waals surface area contributed by atoms with Crippen molar-refractivity contribution in [2.24, 2.45) is 5.92 Å². The molecular formula is C19H21F2N3O3S. The molecule has 3 aliphatic heterocycles. The number of rotatable bonds is 4. The highest BCUT2D eigenvalue weighted by Gasteiger charge is 2.52. The molecule has 1 spiro atoms. The molecule has 1 atom stereocenters. The van der Waals surface area contributed by atoms with Gasteiger partial charge in [0.1, 0.15) is 17.2 Å². The van der Waals surface area contributed by atoms with Crippen LogP contribution in [0.25, 0.3) is 0 Å². The van der Waals surface area contributed by atoms with Crippen molar-refractivity contribution in [3.8, 4) is 0 Å². The van der Waals surface area contributed by atoms with Crippen molar-refractivity contribution in [1.29, 1.82) is 0 Å². The molecule has 3 heterocycles. The predicted octanol–water partition coefficient (Wildman–Crippen LogP) is 2.13. The lowest BCUT2D eigenvalue weighted by Crippen LogP contribution is -2.49. The van der Waals surface area contributed by atoms with E-state index in [-0.39, 0.29) is 37.2 Å². The fourth-order valence-electron chi connectivity index (χ4n) is 4.21. The molecule has 3 aliphatic rings. The molecule has 1 aromatic carbocycles. The van der Waals surface area contributed by atoms with Crippen LogP contribution in [0.4, 0.5) is 13.6 Å². The van der Waals surface area contributed by atoms with Gasteiger partial charge in [0.25, 0.3) is 5.91 Å². The van der Waals surface area contributed by atoms with E-state index in [4.69, 9.17) is 0 Å². The second kappa shape index (κ2) is 7.35. The third-order valence-corrected chi connectivity index (χ3v) is 6.61. The summed E-state index contributed by atoms with van der Waals surface area (Å²) in [5.74, 6) is -0.239. The van der Waals surface area contributed by atoms with Crippen molar-refractivity contribution in [1.82, 2.24) is 15.1 Å². The first kappa shape index (κ1) is 19.2. The summed E-state index contributed by atoms with van der Waals surface area (Å²) in [4.78, 5) is 40.3. The Morgan fingerprint density at radius 1 is 1.11 bits per heavy atom. The van der Waals surface area contributed by atoms with Gasteiger partial charge in [-0.1, -0.05) is 0 Å². The largest absolute Gasteiger partial charge is 0.338 e. The first-order valence-corrected chi connectivity index (χ1v) is 10.5. The smallest absolute Gasteiger partial charge is 0.325 e. The number of nitrogens with one attached hydrogen (secondary N) is 1. The molecule has 0 saturated carbocycles. The minimum atomic E-state index is -0.788. The Balaban J connectivity index is 1.40. The second-order valence-electron chi connectivity index (χ2n) is 7.66. The predicted molar refractivity (Wildman–Crippen MR) is 99.4 cm³/mol. The average Bonchev–Trinajstić information content (AvgIpc) is 3.07. The minimum Gasteiger partial charge on any atom is -0.338 e. The van der Waals surface area contributed by atoms with E-state index in [9.17, 15) is 23.2 Å². The topological polar surface area (TPSA) is 69.7 Å². The van der Waals surface area contributed by atoms with Gasteiger partial charge in [-0.25, -0.2) is 13.6 Å². The van der Waals surface area contributed by atoms with E-state index in [0.29, 0.717) is 24.9 Å². The Hall–Kier alpha value is -2.16. The second-order valence-corrected chi connectivity index (χ2v) is 8.89. The Bertz CT molecular complexity index is 808. The third kappa shape index (κ3) is 3.59. The molecule has 1 N–H and O–H groups in total. The van der Waals surface area contributed by atoms with Gasteiger partial charge in [-0.3, -0.25) is 14.5 Å². The van der Waals surface area contributed by atoms with Crippen LogP contribution in [0.15, 0.2) is 18.2 Å². The molecule has 9 heteroatoms. The molecule has 4 rings (SSSR count). The van der Waals surface area contributed by atoms with Gasteiger partial charge in [0.05, 0.1) is 0 Å². The number of amides is 4. The Kier molecular flexibility index (Phi) is 5.03. The van der Waals surface area contributed by atoms with Gasteiger partial charge < -0.3 is 10.2 Å². The molecule has 3 fully saturated rings. The maximum atomic E-state index is 13.4. The number of hydrogen-bond acceptors (Lipinski definition) is 4. The quantitative estimate of drug-likeness (QED) is 0.774. The number of hydrogen-bond donors (Lipinski definition) is 1. The molecule has 3 saturated heterocycles. The Labute approximate surface area is 165 Å². The van der Waals surface area contributed by atoms with Crippen LogP contribution in [0.3, 0.4) is 0 Å². The first-order valence-electron chi connectivity index (χ1n) is 9.31. The van der Waals surface area contributed by atoms with Crippen LogP contribution < -0.4 is 5.32 Å². The number of benzene rings is 1. The zero-order chi connectivity index (χ0) is 19.9. The SMILES string of the molecule is O=C1CC(CN2C(=O)NC3(CCSCC3)C2=O)CN1Cc1cc(F)cc(F)c1. The lowest BCUT2D eigenvalue weighted by molar-refractivity contribution is -0.132. The number of carbonyl (C=O) groups excluding carboxylic acids is 3. The van der Waals surface area contributed by atoms with Gasteiger partial charge >= 0.3 is 6.03 Å². The molecule has 4 amide bonds. The van der Waals surface area contributed by atoms with E-state index in [1.807, 2.05) is 0 Å². The van der Waals surface area contributed by atoms with E-state index < -0.39 is 23.2 Å². The fraction of sp³-hybridized carbons (Fsp3) is 0.526. The molecule has 150 valence electrons. The molecule has 1 unspecified atom stereocenters. The summed E-state index contributed by atoms with van der Waals surface area (Å²) in [6, 6.07) is 2.79. The number of carbonyl (C=O) groups is 3. The monoisotopic (exact) mass is 409 g/mol. The highest BCUT2D eigenvalue weighted by Crippen LogP contribution is 2.33. The lowest BCUT2D eigenvalue weighted by atomic mass is 9.92. The van der Waals surface area contributed by atoms with E-state index in [2.05, 4.69) is 5.32 Å². The van der Waals surface area contributed by atoms with Crippen LogP contribution in [0, 0.1) is 17.6 Å². The lowest BCUT2D eigenvalue weighted by Gasteiger charge is -2.30. The van der Waals surface area contributed by atoms with Crippen LogP contribution >= 0.6 is 11.8 Å². The van der Waals surface area contributed by atoms with Crippen molar-refractivity contribution in [2.45, 2.75) is 31.3 Å². The molecule has 28 heavy (non-hydrogen) atoms. The zero-order valence-corrected chi connectivity index (χ0v) is 16.1. The summed E-state index contributed by atoms with van der Waals surface area (Å²) in [5.41, 5.74) is -0.413. The Morgan fingerprint density at radius 2 is 1.79 bits per heavy atom. The number of likely N-dealkylation sites (tertiary alicyclic amines) is 1. The first-order chi connectivity index (χ1) is 13.4. The number of thioether (sulfide) groups is 1. The number of imide groups is 1. The zero-order valence-electron chi connectivity index (χ0n) is 15.2. The van der Waals surface area contributed by atoms with Gasteiger partial charge in [-0.2, -0.15) is 11.8 Å². The highest BCUT2D eigenvalue weighted by molar-refractivity contribution is 7.99. The molecule has 0 bridgehead atoms. The van der Waals surface area contributed by atoms with Gasteiger partial charge in [-0.15, -0.1) is 0 Å². The summed E-state index contributed by atoms with van der Waals surface area (Å²) in [6.07, 6.45) is 1.46. The normalized spacial score (nSPS) is 24.4. The molecule has 0 aromatic heterocycles. The third-order valence-electron chi connectivity index (χ3n) is 5.62. The van der Waals surface area contributed by atoms with E-state index in [1.165, 1.54) is 21.9 Å². The van der Waals surface area contributed by atoms with E-state index >= 15 is 0 Å². The minimum absolute atomic E-state index is 0.102. The molecule has 0 radical (unpaired) electrons. The summed E-state index contributed by atoms with van der Waals surface area (Å²) in [7, 11) is 0. The summed E-state index contributed by atoms with van der Waals surface area (Å²) in [5, 5.41) is 2.86. The molecule has 0 aliphatic carbocycles. The van der Waals surface area contributed by atoms with E-state index in [0.717, 1.165) is 17.6 Å². The van der Waals surface area contributed by atoms with Crippen molar-refractivity contribution in [2.75, 3.05) is 24.6 Å². The van der Waals surface area contributed by atoms with Gasteiger partial charge in [0, 0.05) is 38.0 Å². The van der Waals surface area contributed by atoms with Gasteiger partial charge in [0.2, 0.25) is 5.91 Å². The standard InChI is InChI=1S/C19H21F2N3O3S/c20-14-5-12(6-15(21)8-14)9-23-10-13(7-16(23)25)11-24-17(26)19(22-18(24)27)1-3-28-4-2-19/h5-6,8,13H,1-4,7,9-11H2,(H,22,27). The van der Waals surface area contributed by atoms with Crippen molar-refractivity contribution >= 4 is 29.6 Å². The van der Waals surface area contributed by atoms with Crippen LogP contribution in [0.1, 0.15) is 24.8 Å². The van der Waals surface area contributed by atoms with Crippen molar-refractivity contribution in [3.63, 3.8) is 0 Å². The summed E-state index contributed by atoms with van der Waals surface area (Å²) >= 11 is 1.77. The van der Waals surface area contributed by atoms with Crippen molar-refractivity contribution < 1.29 is 23.2 Å². The molecular weight excluding hydrogens is 388 g/mol. The highest BCUT2D eigenvalue weighted by atomic mass is 32.2.